The Morgan fingerprint density at radius 3 is 2.68 bits per heavy atom. The predicted molar refractivity (Wildman–Crippen MR) is 93.6 cm³/mol. The Hall–Kier alpha value is -2.06. The Morgan fingerprint density at radius 2 is 2.00 bits per heavy atom. The van der Waals surface area contributed by atoms with Crippen LogP contribution in [0.3, 0.4) is 0 Å². The number of hydrogen-bond donors (Lipinski definition) is 1. The molecule has 3 heterocycles. The summed E-state index contributed by atoms with van der Waals surface area (Å²) in [5.41, 5.74) is 1.76. The third kappa shape index (κ3) is 3.96. The normalized spacial score (nSPS) is 17.2. The van der Waals surface area contributed by atoms with Gasteiger partial charge in [0.25, 0.3) is 11.7 Å². The molecule has 1 aliphatic rings. The van der Waals surface area contributed by atoms with Crippen molar-refractivity contribution in [3.05, 3.63) is 23.3 Å². The second-order valence-corrected chi connectivity index (χ2v) is 6.86. The van der Waals surface area contributed by atoms with Gasteiger partial charge in [0.2, 0.25) is 5.82 Å². The van der Waals surface area contributed by atoms with Crippen LogP contribution in [0.5, 0.6) is 0 Å². The van der Waals surface area contributed by atoms with Crippen molar-refractivity contribution in [2.45, 2.75) is 33.7 Å². The molecule has 25 heavy (non-hydrogen) atoms. The van der Waals surface area contributed by atoms with E-state index in [1.807, 2.05) is 19.9 Å². The number of carbonyl (C=O) groups excluding carboxylic acids is 1. The van der Waals surface area contributed by atoms with E-state index in [0.717, 1.165) is 37.7 Å². The van der Waals surface area contributed by atoms with Gasteiger partial charge in [-0.05, 0) is 25.8 Å². The van der Waals surface area contributed by atoms with E-state index in [9.17, 15) is 4.79 Å². The smallest absolute Gasteiger partial charge is 0.291 e. The highest BCUT2D eigenvalue weighted by atomic mass is 16.5. The zero-order valence-electron chi connectivity index (χ0n) is 15.3. The third-order valence-electron chi connectivity index (χ3n) is 4.58. The summed E-state index contributed by atoms with van der Waals surface area (Å²) >= 11 is 0. The fraction of sp³-hybridized carbons (Fsp3) is 0.647. The molecule has 1 atom stereocenters. The van der Waals surface area contributed by atoms with Crippen LogP contribution in [0.15, 0.2) is 6.07 Å². The van der Waals surface area contributed by atoms with Crippen LogP contribution in [-0.2, 0) is 4.74 Å². The molecule has 0 aromatic carbocycles. The quantitative estimate of drug-likeness (QED) is 0.863. The van der Waals surface area contributed by atoms with Gasteiger partial charge < -0.3 is 10.1 Å². The first-order chi connectivity index (χ1) is 12.0. The highest BCUT2D eigenvalue weighted by Gasteiger charge is 2.25. The topological polar surface area (TPSA) is 84.7 Å². The summed E-state index contributed by atoms with van der Waals surface area (Å²) in [6, 6.07) is 2.18. The standard InChI is InChI=1S/C17H26N6O2/c1-11(2)14(22-5-7-25-8-6-22)10-18-16(24)15-20-17-19-12(3)9-13(4)23(17)21-15/h9,11,14H,5-8,10H2,1-4H3,(H,18,24). The summed E-state index contributed by atoms with van der Waals surface area (Å²) in [5.74, 6) is 0.780. The molecule has 1 fully saturated rings. The molecular weight excluding hydrogens is 320 g/mol. The molecule has 0 saturated carbocycles. The number of nitrogens with one attached hydrogen (secondary N) is 1. The molecule has 8 heteroatoms. The van der Waals surface area contributed by atoms with Crippen LogP contribution in [0, 0.1) is 19.8 Å². The first-order valence-corrected chi connectivity index (χ1v) is 8.76. The van der Waals surface area contributed by atoms with Crippen molar-refractivity contribution in [3.63, 3.8) is 0 Å². The molecule has 3 rings (SSSR count). The minimum atomic E-state index is -0.263. The lowest BCUT2D eigenvalue weighted by Crippen LogP contribution is -2.51. The highest BCUT2D eigenvalue weighted by molar-refractivity contribution is 5.90. The van der Waals surface area contributed by atoms with E-state index in [-0.39, 0.29) is 17.8 Å². The molecule has 1 amide bonds. The fourth-order valence-corrected chi connectivity index (χ4v) is 3.23. The number of carbonyl (C=O) groups is 1. The number of fused-ring (bicyclic) bond motifs is 1. The number of nitrogens with zero attached hydrogens (tertiary/aromatic N) is 5. The lowest BCUT2D eigenvalue weighted by atomic mass is 10.0. The van der Waals surface area contributed by atoms with Crippen molar-refractivity contribution < 1.29 is 9.53 Å². The van der Waals surface area contributed by atoms with Crippen LogP contribution >= 0.6 is 0 Å². The van der Waals surface area contributed by atoms with E-state index in [0.29, 0.717) is 18.2 Å². The molecule has 0 aliphatic carbocycles. The first-order valence-electron chi connectivity index (χ1n) is 8.76. The van der Waals surface area contributed by atoms with Crippen LogP contribution < -0.4 is 5.32 Å². The highest BCUT2D eigenvalue weighted by Crippen LogP contribution is 2.12. The average molecular weight is 346 g/mol. The van der Waals surface area contributed by atoms with Gasteiger partial charge in [-0.1, -0.05) is 13.8 Å². The number of aryl methyl sites for hydroxylation is 2. The summed E-state index contributed by atoms with van der Waals surface area (Å²) in [6.07, 6.45) is 0. The molecule has 1 unspecified atom stereocenters. The zero-order chi connectivity index (χ0) is 18.0. The summed E-state index contributed by atoms with van der Waals surface area (Å²) in [4.78, 5) is 23.5. The van der Waals surface area contributed by atoms with E-state index < -0.39 is 0 Å². The maximum Gasteiger partial charge on any atom is 0.291 e. The maximum atomic E-state index is 12.5. The van der Waals surface area contributed by atoms with E-state index in [4.69, 9.17) is 4.74 Å². The third-order valence-corrected chi connectivity index (χ3v) is 4.58. The van der Waals surface area contributed by atoms with Crippen molar-refractivity contribution in [1.82, 2.24) is 29.8 Å². The summed E-state index contributed by atoms with van der Waals surface area (Å²) in [5, 5.41) is 7.27. The molecule has 1 N–H and O–H groups in total. The molecule has 1 aliphatic heterocycles. The Kier molecular flexibility index (Phi) is 5.29. The second-order valence-electron chi connectivity index (χ2n) is 6.86. The Balaban J connectivity index is 1.69. The number of ether oxygens (including phenoxy) is 1. The van der Waals surface area contributed by atoms with Gasteiger partial charge in [0.1, 0.15) is 0 Å². The van der Waals surface area contributed by atoms with Gasteiger partial charge in [0.05, 0.1) is 13.2 Å². The molecule has 0 spiro atoms. The van der Waals surface area contributed by atoms with Gasteiger partial charge in [-0.25, -0.2) is 9.50 Å². The SMILES string of the molecule is Cc1cc(C)n2nc(C(=O)NCC(C(C)C)N3CCOCC3)nc2n1. The summed E-state index contributed by atoms with van der Waals surface area (Å²) in [6.45, 7) is 12.0. The van der Waals surface area contributed by atoms with Crippen molar-refractivity contribution >= 4 is 11.7 Å². The zero-order valence-corrected chi connectivity index (χ0v) is 15.3. The molecule has 2 aromatic rings. The minimum absolute atomic E-state index is 0.158. The van der Waals surface area contributed by atoms with Crippen LogP contribution in [0.4, 0.5) is 0 Å². The van der Waals surface area contributed by atoms with E-state index in [1.54, 1.807) is 4.52 Å². The van der Waals surface area contributed by atoms with Gasteiger partial charge in [-0.2, -0.15) is 4.98 Å². The van der Waals surface area contributed by atoms with Crippen LogP contribution in [-0.4, -0.2) is 69.3 Å². The monoisotopic (exact) mass is 346 g/mol. The average Bonchev–Trinajstić information content (AvgIpc) is 3.00. The maximum absolute atomic E-state index is 12.5. The molecule has 0 bridgehead atoms. The van der Waals surface area contributed by atoms with E-state index in [2.05, 4.69) is 39.1 Å². The largest absolute Gasteiger partial charge is 0.379 e. The number of rotatable bonds is 5. The van der Waals surface area contributed by atoms with Crippen LogP contribution in [0.2, 0.25) is 0 Å². The Labute approximate surface area is 147 Å². The number of morpholine rings is 1. The van der Waals surface area contributed by atoms with Crippen LogP contribution in [0.1, 0.15) is 35.9 Å². The molecule has 136 valence electrons. The van der Waals surface area contributed by atoms with Crippen molar-refractivity contribution in [3.8, 4) is 0 Å². The van der Waals surface area contributed by atoms with Crippen molar-refractivity contribution in [2.24, 2.45) is 5.92 Å². The van der Waals surface area contributed by atoms with Gasteiger partial charge in [0.15, 0.2) is 0 Å². The minimum Gasteiger partial charge on any atom is -0.379 e. The number of hydrogen-bond acceptors (Lipinski definition) is 6. The Morgan fingerprint density at radius 1 is 1.28 bits per heavy atom. The molecule has 0 radical (unpaired) electrons. The van der Waals surface area contributed by atoms with Gasteiger partial charge >= 0.3 is 0 Å². The van der Waals surface area contributed by atoms with Crippen molar-refractivity contribution in [2.75, 3.05) is 32.8 Å². The van der Waals surface area contributed by atoms with Gasteiger partial charge in [0, 0.05) is 37.1 Å². The first kappa shape index (κ1) is 17.8. The lowest BCUT2D eigenvalue weighted by molar-refractivity contribution is 0.00670. The molecule has 1 saturated heterocycles. The van der Waals surface area contributed by atoms with Crippen LogP contribution in [0.25, 0.3) is 5.78 Å². The summed E-state index contributed by atoms with van der Waals surface area (Å²) < 4.78 is 7.02. The molecule has 8 nitrogen and oxygen atoms in total. The lowest BCUT2D eigenvalue weighted by Gasteiger charge is -2.36. The molecule has 2 aromatic heterocycles. The van der Waals surface area contributed by atoms with Gasteiger partial charge in [-0.15, -0.1) is 5.10 Å². The summed E-state index contributed by atoms with van der Waals surface area (Å²) in [7, 11) is 0. The molecular formula is C17H26N6O2. The Bertz CT molecular complexity index is 751. The van der Waals surface area contributed by atoms with E-state index in [1.165, 1.54) is 0 Å². The van der Waals surface area contributed by atoms with E-state index >= 15 is 0 Å². The van der Waals surface area contributed by atoms with Gasteiger partial charge in [-0.3, -0.25) is 9.69 Å². The number of amides is 1. The number of aromatic nitrogens is 4. The predicted octanol–water partition coefficient (Wildman–Crippen LogP) is 0.828. The van der Waals surface area contributed by atoms with Crippen molar-refractivity contribution in [1.29, 1.82) is 0 Å². The fourth-order valence-electron chi connectivity index (χ4n) is 3.23. The second kappa shape index (κ2) is 7.45.